The summed E-state index contributed by atoms with van der Waals surface area (Å²) in [6.45, 7) is 7.16. The number of nitrogens with one attached hydrogen (secondary N) is 3. The van der Waals surface area contributed by atoms with E-state index in [-0.39, 0.29) is 124 Å². The molecule has 7 aliphatic rings. The standard InChI is InChI=1S/C76H92N10O23S2/c1-45-51(50-19-20-52(80-61(50)67(94)95)47-16-15-46-11-10-25-84(55(46)33-47)71(98)82-70-81-53-12-7-8-13-57(53)110-70)35-78-86(45)44-75-39-73(2)38-74(3,40-75)42-76(41-73,43-75)107-30-27-83(26-29-103-4)72(99)106-36-48-17-18-49(108-69-64(92)62(90)63(91)65(109-69)68(96)97)34-56(48)105-32-31-104-28-23-77-66(93)54(37-111(100,101)102)79-58(87)14-6-5-9-24-85-59(88)21-22-60(85)89/h7-8,12-13,15-22,33-35,54,62-65,69,90-92H,5-6,9-11,14,23-32,36-44H2,1-4H3,(H,77,93)(H,79,87)(H,94,95)(H,96,97)(H,81,82,98)(H,100,101,102)/t54-,62-,63-,64+,65-,69+,73?,74?,75?,76?/m0/s1. The Morgan fingerprint density at radius 1 is 0.820 bits per heavy atom. The fraction of sp³-hybridized carbons (Fsp3) is 0.513. The molecule has 3 aliphatic heterocycles. The number of aryl methyl sites for hydroxylation is 1. The number of aliphatic carboxylic acids is 1. The van der Waals surface area contributed by atoms with Gasteiger partial charge in [-0.2, -0.15) is 13.5 Å². The zero-order chi connectivity index (χ0) is 79.2. The molecule has 3 aromatic heterocycles. The summed E-state index contributed by atoms with van der Waals surface area (Å²) in [5.41, 5.74) is 4.50. The number of methoxy groups -OCH3 is 1. The number of carbonyl (C=O) groups excluding carboxylic acids is 6. The molecule has 0 radical (unpaired) electrons. The fourth-order valence-electron chi connectivity index (χ4n) is 17.3. The molecule has 111 heavy (non-hydrogen) atoms. The number of unbranched alkanes of at least 4 members (excludes halogenated alkanes) is 2. The number of para-hydroxylation sites is 1. The van der Waals surface area contributed by atoms with Crippen LogP contribution in [0.15, 0.2) is 91.1 Å². The van der Waals surface area contributed by atoms with E-state index in [1.54, 1.807) is 23.2 Å². The minimum atomic E-state index is -4.75. The van der Waals surface area contributed by atoms with Crippen molar-refractivity contribution in [2.24, 2.45) is 16.2 Å². The summed E-state index contributed by atoms with van der Waals surface area (Å²) < 4.78 is 77.6. The predicted octanol–water partition coefficient (Wildman–Crippen LogP) is 6.27. The van der Waals surface area contributed by atoms with Gasteiger partial charge in [0.25, 0.3) is 21.9 Å². The Kier molecular flexibility index (Phi) is 24.9. The van der Waals surface area contributed by atoms with E-state index in [4.69, 9.17) is 43.2 Å². The Labute approximate surface area is 643 Å². The van der Waals surface area contributed by atoms with Gasteiger partial charge in [-0.15, -0.1) is 0 Å². The Morgan fingerprint density at radius 2 is 1.58 bits per heavy atom. The number of fused-ring (bicyclic) bond motifs is 2. The van der Waals surface area contributed by atoms with E-state index in [1.807, 2.05) is 54.1 Å². The number of carboxylic acids is 2. The molecule has 8 atom stereocenters. The van der Waals surface area contributed by atoms with Crippen molar-refractivity contribution in [3.63, 3.8) is 0 Å². The normalized spacial score (nSPS) is 24.2. The molecule has 6 aromatic rings. The molecule has 4 aliphatic carbocycles. The summed E-state index contributed by atoms with van der Waals surface area (Å²) in [6.07, 6.45) is 1.26. The molecular weight excluding hydrogens is 1490 g/mol. The van der Waals surface area contributed by atoms with Crippen LogP contribution in [-0.2, 0) is 77.3 Å². The Bertz CT molecular complexity index is 4580. The highest BCUT2D eigenvalue weighted by Gasteiger charge is 2.66. The molecule has 2 unspecified atom stereocenters. The monoisotopic (exact) mass is 1580 g/mol. The molecule has 6 heterocycles. The van der Waals surface area contributed by atoms with Crippen molar-refractivity contribution in [3.8, 4) is 33.9 Å². The second-order valence-electron chi connectivity index (χ2n) is 30.2. The molecule has 33 nitrogen and oxygen atoms in total. The van der Waals surface area contributed by atoms with E-state index in [0.717, 1.165) is 83.5 Å². The SMILES string of the molecule is COCCN(CCOC12CC3(C)CC(C)(CC(Cn4ncc(-c5ccc(-c6ccc7c(c6)N(C(=O)Nc6nc8ccccc8s6)CCC7)nc5C(=O)O)c4C)(C3)C1)C2)C(=O)OCc1ccc(O[C@@H]2O[C@H](C(=O)O)[C@@H](O)[C@H](O)[C@H]2O)cc1OCCOCCNC(=O)[C@H](CS(=O)(=O)O)NC(=O)CCCCCN1C(=O)C=CC1=O. The van der Waals surface area contributed by atoms with Crippen LogP contribution in [0, 0.1) is 23.2 Å². The molecule has 4 saturated carbocycles. The summed E-state index contributed by atoms with van der Waals surface area (Å²) in [5, 5.41) is 65.2. The predicted molar refractivity (Wildman–Crippen MR) is 399 cm³/mol. The van der Waals surface area contributed by atoms with Crippen molar-refractivity contribution in [2.75, 3.05) is 88.8 Å². The number of anilines is 2. The number of carbonyl (C=O) groups is 8. The second-order valence-corrected chi connectivity index (χ2v) is 32.7. The number of ether oxygens (including phenoxy) is 7. The lowest BCUT2D eigenvalue weighted by Crippen LogP contribution is -2.64. The summed E-state index contributed by atoms with van der Waals surface area (Å²) in [5.74, 6) is -6.51. The number of carboxylic acid groups (broad SMARTS) is 2. The topological polar surface area (TPSA) is 446 Å². The summed E-state index contributed by atoms with van der Waals surface area (Å²) in [6, 6.07) is 19.2. The first-order chi connectivity index (χ1) is 52.9. The number of aromatic carboxylic acids is 1. The first-order valence-electron chi connectivity index (χ1n) is 36.8. The van der Waals surface area contributed by atoms with E-state index in [0.29, 0.717) is 65.6 Å². The molecule has 1 saturated heterocycles. The number of rotatable bonds is 35. The molecule has 35 heteroatoms. The van der Waals surface area contributed by atoms with E-state index in [2.05, 4.69) is 34.8 Å². The maximum atomic E-state index is 14.3. The summed E-state index contributed by atoms with van der Waals surface area (Å²) in [4.78, 5) is 116. The molecule has 4 bridgehead atoms. The van der Waals surface area contributed by atoms with E-state index >= 15 is 0 Å². The number of thiazole rings is 1. The van der Waals surface area contributed by atoms with Gasteiger partial charge in [-0.3, -0.25) is 43.5 Å². The molecule has 596 valence electrons. The summed E-state index contributed by atoms with van der Waals surface area (Å²) >= 11 is 1.39. The quantitative estimate of drug-likeness (QED) is 0.0120. The number of hydrogen-bond donors (Lipinski definition) is 9. The van der Waals surface area contributed by atoms with Gasteiger partial charge < -0.3 is 74.2 Å². The molecule has 5 fully saturated rings. The maximum Gasteiger partial charge on any atom is 0.410 e. The lowest BCUT2D eigenvalue weighted by atomic mass is 9.39. The van der Waals surface area contributed by atoms with E-state index < -0.39 is 99.9 Å². The molecule has 13 rings (SSSR count). The van der Waals surface area contributed by atoms with Crippen LogP contribution in [0.2, 0.25) is 0 Å². The first-order valence-corrected chi connectivity index (χ1v) is 39.2. The highest BCUT2D eigenvalue weighted by atomic mass is 32.2. The van der Waals surface area contributed by atoms with Crippen LogP contribution in [0.3, 0.4) is 0 Å². The highest BCUT2D eigenvalue weighted by molar-refractivity contribution is 7.85. The number of pyridine rings is 1. The van der Waals surface area contributed by atoms with Crippen molar-refractivity contribution in [1.82, 2.24) is 40.2 Å². The lowest BCUT2D eigenvalue weighted by Gasteiger charge is -2.69. The second kappa shape index (κ2) is 34.2. The van der Waals surface area contributed by atoms with Crippen LogP contribution in [0.4, 0.5) is 20.4 Å². The minimum absolute atomic E-state index is 0.0411. The van der Waals surface area contributed by atoms with Crippen LogP contribution >= 0.6 is 11.3 Å². The van der Waals surface area contributed by atoms with Crippen molar-refractivity contribution in [3.05, 3.63) is 114 Å². The van der Waals surface area contributed by atoms with Gasteiger partial charge in [0.05, 0.1) is 54.1 Å². The van der Waals surface area contributed by atoms with Gasteiger partial charge >= 0.3 is 24.1 Å². The maximum absolute atomic E-state index is 14.3. The number of hydrogen-bond acceptors (Lipinski definition) is 24. The molecule has 3 aromatic carbocycles. The number of nitrogens with zero attached hydrogens (tertiary/aromatic N) is 7. The number of aromatic nitrogens is 4. The van der Waals surface area contributed by atoms with Crippen molar-refractivity contribution < 1.29 is 110 Å². The van der Waals surface area contributed by atoms with Crippen LogP contribution in [0.5, 0.6) is 11.5 Å². The Morgan fingerprint density at radius 3 is 2.31 bits per heavy atom. The molecule has 0 spiro atoms. The van der Waals surface area contributed by atoms with Crippen LogP contribution in [-0.4, -0.2) is 237 Å². The average molecular weight is 1580 g/mol. The van der Waals surface area contributed by atoms with E-state index in [1.165, 1.54) is 41.5 Å². The van der Waals surface area contributed by atoms with Crippen LogP contribution in [0.25, 0.3) is 32.6 Å². The number of amides is 7. The van der Waals surface area contributed by atoms with Crippen molar-refractivity contribution in [2.45, 2.75) is 153 Å². The van der Waals surface area contributed by atoms with Gasteiger partial charge in [-0.25, -0.2) is 29.1 Å². The minimum Gasteiger partial charge on any atom is -0.491 e. The molecule has 7 amide bonds. The highest BCUT2D eigenvalue weighted by Crippen LogP contribution is 2.72. The van der Waals surface area contributed by atoms with Gasteiger partial charge in [0.1, 0.15) is 54.8 Å². The Balaban J connectivity index is 0.670. The third-order valence-corrected chi connectivity index (χ3v) is 22.9. The number of aliphatic hydroxyl groups excluding tert-OH is 3. The Hall–Kier alpha value is -9.56. The molecular formula is C76H92N10O23S2. The van der Waals surface area contributed by atoms with Gasteiger partial charge in [-0.05, 0) is 135 Å². The molecule has 9 N–H and O–H groups in total. The third kappa shape index (κ3) is 19.3. The van der Waals surface area contributed by atoms with Gasteiger partial charge in [0.2, 0.25) is 18.1 Å². The average Bonchev–Trinajstić information content (AvgIpc) is 1.07. The number of urea groups is 1. The zero-order valence-electron chi connectivity index (χ0n) is 61.9. The smallest absolute Gasteiger partial charge is 0.410 e. The van der Waals surface area contributed by atoms with E-state index in [9.17, 15) is 76.9 Å². The van der Waals surface area contributed by atoms with Crippen molar-refractivity contribution >= 4 is 90.2 Å². The van der Waals surface area contributed by atoms with Crippen LogP contribution in [0.1, 0.15) is 112 Å². The fourth-order valence-corrected chi connectivity index (χ4v) is 18.9. The van der Waals surface area contributed by atoms with Gasteiger partial charge in [0, 0.05) is 105 Å². The third-order valence-electron chi connectivity index (χ3n) is 21.2. The zero-order valence-corrected chi connectivity index (χ0v) is 63.5. The number of benzene rings is 3. The van der Waals surface area contributed by atoms with Gasteiger partial charge in [0.15, 0.2) is 16.9 Å². The largest absolute Gasteiger partial charge is 0.491 e. The summed E-state index contributed by atoms with van der Waals surface area (Å²) in [7, 11) is -3.25. The number of aliphatic hydroxyl groups is 3. The first kappa shape index (κ1) is 80.9. The number of imide groups is 1. The van der Waals surface area contributed by atoms with Crippen LogP contribution < -0.4 is 30.3 Å². The van der Waals surface area contributed by atoms with Crippen molar-refractivity contribution in [1.29, 1.82) is 0 Å². The van der Waals surface area contributed by atoms with Gasteiger partial charge in [-0.1, -0.05) is 55.9 Å². The lowest BCUT2D eigenvalue weighted by molar-refractivity contribution is -0.271.